The summed E-state index contributed by atoms with van der Waals surface area (Å²) in [5.41, 5.74) is 3.16. The fraction of sp³-hybridized carbons (Fsp3) is 0.200. The van der Waals surface area contributed by atoms with Crippen LogP contribution in [-0.4, -0.2) is 19.5 Å². The fourth-order valence-electron chi connectivity index (χ4n) is 2.75. The molecule has 8 heteroatoms. The van der Waals surface area contributed by atoms with E-state index in [2.05, 4.69) is 9.55 Å². The van der Waals surface area contributed by atoms with Gasteiger partial charge >= 0.3 is 29.6 Å². The van der Waals surface area contributed by atoms with Crippen molar-refractivity contribution < 1.29 is 47.6 Å². The Bertz CT molecular complexity index is 1060. The normalized spacial score (nSPS) is 11.9. The van der Waals surface area contributed by atoms with Gasteiger partial charge in [0.05, 0.1) is 10.5 Å². The topological polar surface area (TPSA) is 95.6 Å². The Morgan fingerprint density at radius 2 is 1.71 bits per heavy atom. The van der Waals surface area contributed by atoms with Crippen molar-refractivity contribution in [3.63, 3.8) is 0 Å². The van der Waals surface area contributed by atoms with Crippen molar-refractivity contribution in [3.05, 3.63) is 60.4 Å². The molecule has 2 aromatic carbocycles. The van der Waals surface area contributed by atoms with E-state index in [0.717, 1.165) is 16.7 Å². The molecule has 0 fully saturated rings. The number of nitrogens with zero attached hydrogens (tertiary/aromatic N) is 2. The van der Waals surface area contributed by atoms with Gasteiger partial charge in [0.15, 0.2) is 0 Å². The second kappa shape index (κ2) is 9.52. The third-order valence-corrected chi connectivity index (χ3v) is 5.35. The third kappa shape index (κ3) is 4.91. The van der Waals surface area contributed by atoms with E-state index in [1.54, 1.807) is 26.0 Å². The van der Waals surface area contributed by atoms with Crippen LogP contribution in [0.15, 0.2) is 68.4 Å². The van der Waals surface area contributed by atoms with Crippen molar-refractivity contribution in [2.75, 3.05) is 0 Å². The second-order valence-corrected chi connectivity index (χ2v) is 7.67. The van der Waals surface area contributed by atoms with Gasteiger partial charge in [-0.05, 0) is 36.9 Å². The molecule has 0 aliphatic carbocycles. The summed E-state index contributed by atoms with van der Waals surface area (Å²) < 4.78 is 33.2. The van der Waals surface area contributed by atoms with Crippen LogP contribution in [0.5, 0.6) is 0 Å². The Hall–Kier alpha value is -1.93. The molecule has 0 saturated carbocycles. The van der Waals surface area contributed by atoms with Gasteiger partial charge in [0.25, 0.3) is 10.0 Å². The molecule has 0 unspecified atom stereocenters. The fourth-order valence-corrected chi connectivity index (χ4v) is 3.69. The van der Waals surface area contributed by atoms with Crippen molar-refractivity contribution in [1.82, 2.24) is 5.16 Å². The van der Waals surface area contributed by atoms with E-state index in [4.69, 9.17) is 4.52 Å². The number of rotatable bonds is 6. The molecule has 6 nitrogen and oxygen atoms in total. The van der Waals surface area contributed by atoms with Crippen LogP contribution >= 0.6 is 0 Å². The molecular weight excluding hydrogens is 387 g/mol. The summed E-state index contributed by atoms with van der Waals surface area (Å²) in [5.74, 6) is -0.00455. The number of aromatic nitrogens is 1. The average molecular weight is 406 g/mol. The Morgan fingerprint density at radius 1 is 1.07 bits per heavy atom. The first-order valence-corrected chi connectivity index (χ1v) is 9.99. The van der Waals surface area contributed by atoms with E-state index in [-0.39, 0.29) is 40.9 Å². The molecule has 1 heterocycles. The molecule has 0 aliphatic heterocycles. The standard InChI is InChI=1S/C20H20N2O4S.Na/c1-3-7-18(23)22-27(24,25)17-12-10-15(11-13-17)19-14(2)26-21-20(19)16-8-5-4-6-9-16;/h4-6,8-13H,3,7H2,1-2H3,(H,22,23);/q;+1/p-1. The Kier molecular flexibility index (Phi) is 7.60. The first-order valence-electron chi connectivity index (χ1n) is 8.55. The van der Waals surface area contributed by atoms with Gasteiger partial charge in [-0.1, -0.05) is 61.0 Å². The summed E-state index contributed by atoms with van der Waals surface area (Å²) in [4.78, 5) is -0.0222. The van der Waals surface area contributed by atoms with Crippen molar-refractivity contribution in [2.45, 2.75) is 31.6 Å². The minimum Gasteiger partial charge on any atom is -0.861 e. The first kappa shape index (κ1) is 22.4. The summed E-state index contributed by atoms with van der Waals surface area (Å²) in [7, 11) is -4.00. The molecule has 0 N–H and O–H groups in total. The molecule has 0 radical (unpaired) electrons. The average Bonchev–Trinajstić information content (AvgIpc) is 3.04. The zero-order valence-corrected chi connectivity index (χ0v) is 18.9. The molecule has 0 aliphatic rings. The predicted octanol–water partition coefficient (Wildman–Crippen LogP) is 0.569. The van der Waals surface area contributed by atoms with Gasteiger partial charge in [-0.25, -0.2) is 0 Å². The maximum absolute atomic E-state index is 12.3. The predicted molar refractivity (Wildman–Crippen MR) is 102 cm³/mol. The van der Waals surface area contributed by atoms with Crippen LogP contribution in [0.2, 0.25) is 0 Å². The first-order chi connectivity index (χ1) is 12.9. The summed E-state index contributed by atoms with van der Waals surface area (Å²) in [6, 6.07) is 15.8. The van der Waals surface area contributed by atoms with Crippen molar-refractivity contribution in [2.24, 2.45) is 4.40 Å². The summed E-state index contributed by atoms with van der Waals surface area (Å²) in [6.07, 6.45) is 0.656. The molecule has 3 rings (SSSR count). The third-order valence-electron chi connectivity index (χ3n) is 4.04. The Labute approximate surface area is 186 Å². The molecule has 3 aromatic rings. The van der Waals surface area contributed by atoms with Crippen LogP contribution in [0.4, 0.5) is 0 Å². The summed E-state index contributed by atoms with van der Waals surface area (Å²) in [6.45, 7) is 3.60. The van der Waals surface area contributed by atoms with Gasteiger partial charge < -0.3 is 9.63 Å². The molecule has 28 heavy (non-hydrogen) atoms. The van der Waals surface area contributed by atoms with Gasteiger partial charge in [-0.3, -0.25) is 0 Å². The van der Waals surface area contributed by atoms with Gasteiger partial charge in [0.1, 0.15) is 11.5 Å². The van der Waals surface area contributed by atoms with Crippen LogP contribution in [0.1, 0.15) is 25.5 Å². The van der Waals surface area contributed by atoms with Gasteiger partial charge in [0, 0.05) is 5.56 Å². The van der Waals surface area contributed by atoms with Crippen LogP contribution in [0.25, 0.3) is 22.4 Å². The minimum absolute atomic E-state index is 0. The molecule has 1 aromatic heterocycles. The van der Waals surface area contributed by atoms with Crippen molar-refractivity contribution in [3.8, 4) is 22.4 Å². The number of sulfonamides is 1. The largest absolute Gasteiger partial charge is 1.00 e. The molecule has 0 amide bonds. The minimum atomic E-state index is -4.00. The van der Waals surface area contributed by atoms with E-state index in [1.165, 1.54) is 12.1 Å². The molecule has 0 saturated heterocycles. The molecule has 0 bridgehead atoms. The van der Waals surface area contributed by atoms with Crippen LogP contribution in [0.3, 0.4) is 0 Å². The zero-order valence-electron chi connectivity index (χ0n) is 16.0. The monoisotopic (exact) mass is 406 g/mol. The van der Waals surface area contributed by atoms with E-state index >= 15 is 0 Å². The second-order valence-electron chi connectivity index (χ2n) is 6.06. The van der Waals surface area contributed by atoms with Crippen molar-refractivity contribution >= 4 is 15.9 Å². The maximum atomic E-state index is 12.3. The number of aryl methyl sites for hydroxylation is 1. The molecule has 0 atom stereocenters. The van der Waals surface area contributed by atoms with E-state index < -0.39 is 15.9 Å². The summed E-state index contributed by atoms with van der Waals surface area (Å²) >= 11 is 0. The van der Waals surface area contributed by atoms with Crippen LogP contribution in [0, 0.1) is 6.92 Å². The van der Waals surface area contributed by atoms with Crippen LogP contribution in [-0.2, 0) is 10.0 Å². The maximum Gasteiger partial charge on any atom is 1.00 e. The van der Waals surface area contributed by atoms with E-state index in [9.17, 15) is 13.5 Å². The number of hydrogen-bond donors (Lipinski definition) is 0. The molecule has 140 valence electrons. The number of benzene rings is 2. The van der Waals surface area contributed by atoms with Crippen LogP contribution < -0.4 is 34.7 Å². The van der Waals surface area contributed by atoms with Gasteiger partial charge in [-0.2, -0.15) is 12.8 Å². The SMILES string of the molecule is CCCC([O-])=NS(=O)(=O)c1ccc(-c2c(-c3ccccc3)noc2C)cc1.[Na+]. The Morgan fingerprint density at radius 3 is 2.32 bits per heavy atom. The molecular formula is C20H19N2NaO4S. The quantitative estimate of drug-likeness (QED) is 0.339. The Balaban J connectivity index is 0.00000280. The zero-order chi connectivity index (χ0) is 19.4. The van der Waals surface area contributed by atoms with Crippen molar-refractivity contribution in [1.29, 1.82) is 0 Å². The van der Waals surface area contributed by atoms with Gasteiger partial charge in [-0.15, -0.1) is 0 Å². The summed E-state index contributed by atoms with van der Waals surface area (Å²) in [5, 5.41) is 15.7. The van der Waals surface area contributed by atoms with Gasteiger partial charge in [0.2, 0.25) is 0 Å². The smallest absolute Gasteiger partial charge is 0.861 e. The molecule has 0 spiro atoms. The van der Waals surface area contributed by atoms with E-state index in [1.807, 2.05) is 30.3 Å². The number of hydrogen-bond acceptors (Lipinski definition) is 5. The van der Waals surface area contributed by atoms with E-state index in [0.29, 0.717) is 17.9 Å².